The molecule has 0 spiro atoms. The highest BCUT2D eigenvalue weighted by molar-refractivity contribution is 5.92. The average molecular weight is 363 g/mol. The number of rotatable bonds is 6. The predicted molar refractivity (Wildman–Crippen MR) is 103 cm³/mol. The van der Waals surface area contributed by atoms with Crippen molar-refractivity contribution >= 4 is 17.5 Å². The second-order valence-corrected chi connectivity index (χ2v) is 6.08. The van der Waals surface area contributed by atoms with Gasteiger partial charge in [-0.15, -0.1) is 0 Å². The van der Waals surface area contributed by atoms with Crippen LogP contribution in [0.1, 0.15) is 42.4 Å². The molecule has 7 nitrogen and oxygen atoms in total. The Kier molecular flexibility index (Phi) is 5.61. The highest BCUT2D eigenvalue weighted by Crippen LogP contribution is 2.14. The van der Waals surface area contributed by atoms with E-state index in [1.807, 2.05) is 37.3 Å². The van der Waals surface area contributed by atoms with Gasteiger partial charge in [0, 0.05) is 12.6 Å². The number of amides is 2. The summed E-state index contributed by atoms with van der Waals surface area (Å²) in [6, 6.07) is 13.1. The Morgan fingerprint density at radius 2 is 1.89 bits per heavy atom. The third-order valence-corrected chi connectivity index (χ3v) is 4.08. The highest BCUT2D eigenvalue weighted by atomic mass is 16.2. The molecule has 0 aliphatic heterocycles. The molecular weight excluding hydrogens is 342 g/mol. The summed E-state index contributed by atoms with van der Waals surface area (Å²) in [4.78, 5) is 32.3. The van der Waals surface area contributed by atoms with Gasteiger partial charge in [-0.3, -0.25) is 14.2 Å². The van der Waals surface area contributed by atoms with Crippen LogP contribution in [0.2, 0.25) is 0 Å². The van der Waals surface area contributed by atoms with E-state index in [9.17, 15) is 9.59 Å². The Morgan fingerprint density at radius 3 is 2.56 bits per heavy atom. The van der Waals surface area contributed by atoms with E-state index in [2.05, 4.69) is 20.6 Å². The van der Waals surface area contributed by atoms with Crippen molar-refractivity contribution in [3.63, 3.8) is 0 Å². The molecule has 3 aromatic rings. The van der Waals surface area contributed by atoms with E-state index in [-0.39, 0.29) is 17.9 Å². The van der Waals surface area contributed by atoms with E-state index in [4.69, 9.17) is 0 Å². The number of benzene rings is 1. The Bertz CT molecular complexity index is 919. The summed E-state index contributed by atoms with van der Waals surface area (Å²) in [5.74, 6) is 0.280. The summed E-state index contributed by atoms with van der Waals surface area (Å²) in [5.41, 5.74) is 1.96. The zero-order valence-corrected chi connectivity index (χ0v) is 15.2. The van der Waals surface area contributed by atoms with Gasteiger partial charge in [-0.05, 0) is 24.6 Å². The van der Waals surface area contributed by atoms with Crippen molar-refractivity contribution in [1.29, 1.82) is 0 Å². The van der Waals surface area contributed by atoms with Crippen molar-refractivity contribution in [2.75, 3.05) is 5.32 Å². The first-order chi connectivity index (χ1) is 13.1. The van der Waals surface area contributed by atoms with Gasteiger partial charge in [-0.25, -0.2) is 9.97 Å². The molecular formula is C20H21N5O2. The fourth-order valence-corrected chi connectivity index (χ4v) is 2.52. The summed E-state index contributed by atoms with van der Waals surface area (Å²) in [6.45, 7) is 3.71. The minimum Gasteiger partial charge on any atom is -0.344 e. The number of imidazole rings is 1. The van der Waals surface area contributed by atoms with Gasteiger partial charge >= 0.3 is 0 Å². The molecule has 0 fully saturated rings. The smallest absolute Gasteiger partial charge is 0.271 e. The second kappa shape index (κ2) is 8.27. The summed E-state index contributed by atoms with van der Waals surface area (Å²) in [7, 11) is 0. The number of hydrogen-bond donors (Lipinski definition) is 2. The predicted octanol–water partition coefficient (Wildman–Crippen LogP) is 3.11. The van der Waals surface area contributed by atoms with Crippen LogP contribution >= 0.6 is 0 Å². The molecule has 0 aliphatic rings. The topological polar surface area (TPSA) is 88.9 Å². The number of aromatic nitrogens is 3. The van der Waals surface area contributed by atoms with Gasteiger partial charge in [0.2, 0.25) is 5.91 Å². The van der Waals surface area contributed by atoms with Crippen LogP contribution in [0.25, 0.3) is 5.82 Å². The molecule has 1 atom stereocenters. The van der Waals surface area contributed by atoms with Crippen molar-refractivity contribution in [3.8, 4) is 5.82 Å². The molecule has 1 aromatic carbocycles. The Balaban J connectivity index is 1.67. The summed E-state index contributed by atoms with van der Waals surface area (Å²) in [6.07, 6.45) is 5.14. The summed E-state index contributed by atoms with van der Waals surface area (Å²) < 4.78 is 1.66. The molecule has 0 radical (unpaired) electrons. The highest BCUT2D eigenvalue weighted by Gasteiger charge is 2.14. The molecule has 2 aromatic heterocycles. The van der Waals surface area contributed by atoms with Crippen molar-refractivity contribution in [3.05, 3.63) is 72.4 Å². The molecule has 0 saturated heterocycles. The first-order valence-electron chi connectivity index (χ1n) is 8.73. The number of nitrogens with zero attached hydrogens (tertiary/aromatic N) is 3. The average Bonchev–Trinajstić information content (AvgIpc) is 3.19. The van der Waals surface area contributed by atoms with Gasteiger partial charge in [0.25, 0.3) is 5.91 Å². The Hall–Kier alpha value is -3.48. The monoisotopic (exact) mass is 363 g/mol. The maximum absolute atomic E-state index is 12.4. The normalized spacial score (nSPS) is 11.6. The molecule has 0 aliphatic carbocycles. The van der Waals surface area contributed by atoms with Gasteiger partial charge in [0.15, 0.2) is 0 Å². The first kappa shape index (κ1) is 18.3. The zero-order valence-electron chi connectivity index (χ0n) is 15.2. The van der Waals surface area contributed by atoms with Crippen LogP contribution in [0.3, 0.4) is 0 Å². The molecule has 27 heavy (non-hydrogen) atoms. The molecule has 2 amide bonds. The van der Waals surface area contributed by atoms with E-state index < -0.39 is 0 Å². The lowest BCUT2D eigenvalue weighted by Crippen LogP contribution is -2.26. The number of anilines is 1. The fourth-order valence-electron chi connectivity index (χ4n) is 2.52. The first-order valence-corrected chi connectivity index (χ1v) is 8.73. The number of hydrogen-bond acceptors (Lipinski definition) is 4. The van der Waals surface area contributed by atoms with Crippen molar-refractivity contribution in [1.82, 2.24) is 19.9 Å². The lowest BCUT2D eigenvalue weighted by Gasteiger charge is -2.13. The van der Waals surface area contributed by atoms with Gasteiger partial charge in [-0.1, -0.05) is 37.3 Å². The van der Waals surface area contributed by atoms with Crippen LogP contribution in [0.15, 0.2) is 61.2 Å². The van der Waals surface area contributed by atoms with Gasteiger partial charge in [0.1, 0.15) is 17.8 Å². The van der Waals surface area contributed by atoms with E-state index in [0.717, 1.165) is 5.56 Å². The second-order valence-electron chi connectivity index (χ2n) is 6.08. The van der Waals surface area contributed by atoms with Crippen molar-refractivity contribution < 1.29 is 9.59 Å². The SMILES string of the molecule is CCC(=O)Nc1ccc(-n2cnc(C(=O)N[C@H](C)c3ccccc3)c2)nc1. The van der Waals surface area contributed by atoms with Crippen LogP contribution in [0.4, 0.5) is 5.69 Å². The van der Waals surface area contributed by atoms with Crippen molar-refractivity contribution in [2.24, 2.45) is 0 Å². The maximum Gasteiger partial charge on any atom is 0.271 e. The summed E-state index contributed by atoms with van der Waals surface area (Å²) >= 11 is 0. The third kappa shape index (κ3) is 4.58. The quantitative estimate of drug-likeness (QED) is 0.704. The minimum atomic E-state index is -0.253. The van der Waals surface area contributed by atoms with Gasteiger partial charge in [0.05, 0.1) is 17.9 Å². The molecule has 3 rings (SSSR count). The molecule has 0 bridgehead atoms. The fraction of sp³-hybridized carbons (Fsp3) is 0.200. The lowest BCUT2D eigenvalue weighted by molar-refractivity contribution is -0.115. The number of carbonyl (C=O) groups is 2. The van der Waals surface area contributed by atoms with Crippen molar-refractivity contribution in [2.45, 2.75) is 26.3 Å². The number of carbonyl (C=O) groups excluding carboxylic acids is 2. The van der Waals surface area contributed by atoms with Crippen LogP contribution in [-0.2, 0) is 4.79 Å². The lowest BCUT2D eigenvalue weighted by atomic mass is 10.1. The number of pyridine rings is 1. The molecule has 7 heteroatoms. The van der Waals surface area contributed by atoms with E-state index >= 15 is 0 Å². The van der Waals surface area contributed by atoms with E-state index in [0.29, 0.717) is 23.6 Å². The molecule has 0 saturated carbocycles. The molecule has 2 N–H and O–H groups in total. The Labute approximate surface area is 157 Å². The van der Waals surface area contributed by atoms with E-state index in [1.165, 1.54) is 6.33 Å². The minimum absolute atomic E-state index is 0.0707. The zero-order chi connectivity index (χ0) is 19.2. The van der Waals surface area contributed by atoms with Crippen LogP contribution in [0.5, 0.6) is 0 Å². The van der Waals surface area contributed by atoms with E-state index in [1.54, 1.807) is 36.0 Å². The third-order valence-electron chi connectivity index (χ3n) is 4.08. The van der Waals surface area contributed by atoms with Crippen LogP contribution in [0, 0.1) is 0 Å². The molecule has 2 heterocycles. The van der Waals surface area contributed by atoms with Gasteiger partial charge in [-0.2, -0.15) is 0 Å². The molecule has 0 unspecified atom stereocenters. The standard InChI is InChI=1S/C20H21N5O2/c1-3-19(26)24-16-9-10-18(21-11-16)25-12-17(22-13-25)20(27)23-14(2)15-7-5-4-6-8-15/h4-14H,3H2,1-2H3,(H,23,27)(H,24,26)/t14-/m1/s1. The van der Waals surface area contributed by atoms with Crippen LogP contribution in [-0.4, -0.2) is 26.3 Å². The van der Waals surface area contributed by atoms with Gasteiger partial charge < -0.3 is 10.6 Å². The molecule has 138 valence electrons. The van der Waals surface area contributed by atoms with Crippen LogP contribution < -0.4 is 10.6 Å². The largest absolute Gasteiger partial charge is 0.344 e. The number of nitrogens with one attached hydrogen (secondary N) is 2. The summed E-state index contributed by atoms with van der Waals surface area (Å²) in [5, 5.41) is 5.67. The Morgan fingerprint density at radius 1 is 1.11 bits per heavy atom. The maximum atomic E-state index is 12.4.